The first-order chi connectivity index (χ1) is 8.04. The van der Waals surface area contributed by atoms with E-state index in [4.69, 9.17) is 11.0 Å². The van der Waals surface area contributed by atoms with Crippen molar-refractivity contribution in [1.29, 1.82) is 5.26 Å². The Balaban J connectivity index is 2.51. The van der Waals surface area contributed by atoms with Crippen molar-refractivity contribution < 1.29 is 4.79 Å². The lowest BCUT2D eigenvalue weighted by Gasteiger charge is -2.11. The van der Waals surface area contributed by atoms with Gasteiger partial charge in [0.2, 0.25) is 5.91 Å². The summed E-state index contributed by atoms with van der Waals surface area (Å²) in [4.78, 5) is 12.9. The Hall–Kier alpha value is -2.22. The molecule has 90 valence electrons. The zero-order chi connectivity index (χ0) is 12.8. The third kappa shape index (κ3) is 3.68. The zero-order valence-corrected chi connectivity index (χ0v) is 10.0. The lowest BCUT2D eigenvalue weighted by Crippen LogP contribution is -2.23. The number of nitrogens with two attached hydrogens (primary N) is 1. The molecule has 3 N–H and O–H groups in total. The number of amides is 1. The molecule has 0 bridgehead atoms. The summed E-state index contributed by atoms with van der Waals surface area (Å²) in [5.74, 6) is 0.0686. The lowest BCUT2D eigenvalue weighted by atomic mass is 10.2. The molecule has 0 saturated carbocycles. The Kier molecular flexibility index (Phi) is 4.35. The van der Waals surface area contributed by atoms with Crippen molar-refractivity contribution in [2.75, 3.05) is 31.7 Å². The van der Waals surface area contributed by atoms with Gasteiger partial charge in [-0.05, 0) is 18.2 Å². The van der Waals surface area contributed by atoms with Crippen LogP contribution in [0.4, 0.5) is 11.4 Å². The number of carbonyl (C=O) groups is 1. The first kappa shape index (κ1) is 12.8. The second-order valence-electron chi connectivity index (χ2n) is 3.88. The van der Waals surface area contributed by atoms with Crippen LogP contribution in [0.15, 0.2) is 18.2 Å². The van der Waals surface area contributed by atoms with Gasteiger partial charge in [0.15, 0.2) is 0 Å². The van der Waals surface area contributed by atoms with Crippen LogP contribution in [0.1, 0.15) is 12.0 Å². The predicted octanol–water partition coefficient (Wildman–Crippen LogP) is 1.03. The van der Waals surface area contributed by atoms with Gasteiger partial charge < -0.3 is 16.0 Å². The number of hydrogen-bond donors (Lipinski definition) is 2. The third-order valence-electron chi connectivity index (χ3n) is 2.34. The molecule has 0 fully saturated rings. The summed E-state index contributed by atoms with van der Waals surface area (Å²) >= 11 is 0. The van der Waals surface area contributed by atoms with E-state index in [0.29, 0.717) is 24.2 Å². The van der Waals surface area contributed by atoms with Gasteiger partial charge in [0.05, 0.1) is 11.3 Å². The highest BCUT2D eigenvalue weighted by molar-refractivity contribution is 5.76. The monoisotopic (exact) mass is 232 g/mol. The van der Waals surface area contributed by atoms with Gasteiger partial charge in [-0.3, -0.25) is 4.79 Å². The number of nitrogen functional groups attached to an aromatic ring is 1. The van der Waals surface area contributed by atoms with E-state index in [1.165, 1.54) is 0 Å². The fraction of sp³-hybridized carbons (Fsp3) is 0.333. The van der Waals surface area contributed by atoms with Gasteiger partial charge in [0, 0.05) is 32.7 Å². The van der Waals surface area contributed by atoms with Crippen LogP contribution in [0.5, 0.6) is 0 Å². The van der Waals surface area contributed by atoms with Crippen LogP contribution in [0, 0.1) is 11.3 Å². The molecule has 0 heterocycles. The van der Waals surface area contributed by atoms with Gasteiger partial charge in [-0.1, -0.05) is 0 Å². The summed E-state index contributed by atoms with van der Waals surface area (Å²) in [6.07, 6.45) is 0.424. The molecule has 17 heavy (non-hydrogen) atoms. The molecule has 0 aliphatic rings. The highest BCUT2D eigenvalue weighted by Gasteiger charge is 2.03. The quantitative estimate of drug-likeness (QED) is 0.760. The van der Waals surface area contributed by atoms with Gasteiger partial charge in [-0.25, -0.2) is 0 Å². The predicted molar refractivity (Wildman–Crippen MR) is 67.4 cm³/mol. The van der Waals surface area contributed by atoms with Crippen LogP contribution >= 0.6 is 0 Å². The SMILES string of the molecule is CN(C)C(=O)CCNc1ccc(C#N)c(N)c1. The number of rotatable bonds is 4. The maximum Gasteiger partial charge on any atom is 0.223 e. The smallest absolute Gasteiger partial charge is 0.223 e. The van der Waals surface area contributed by atoms with Crippen LogP contribution in [0.3, 0.4) is 0 Å². The van der Waals surface area contributed by atoms with E-state index in [-0.39, 0.29) is 5.91 Å². The van der Waals surface area contributed by atoms with Gasteiger partial charge in [0.1, 0.15) is 6.07 Å². The fourth-order valence-electron chi connectivity index (χ4n) is 1.31. The van der Waals surface area contributed by atoms with E-state index in [1.54, 1.807) is 37.2 Å². The Morgan fingerprint density at radius 1 is 1.53 bits per heavy atom. The molecule has 0 atom stereocenters. The van der Waals surface area contributed by atoms with Crippen LogP contribution in [-0.2, 0) is 4.79 Å². The molecular weight excluding hydrogens is 216 g/mol. The molecule has 1 rings (SSSR count). The summed E-state index contributed by atoms with van der Waals surface area (Å²) in [6, 6.07) is 7.12. The maximum atomic E-state index is 11.3. The molecule has 0 aliphatic carbocycles. The molecule has 5 nitrogen and oxygen atoms in total. The number of nitriles is 1. The Labute approximate surface area is 101 Å². The van der Waals surface area contributed by atoms with Crippen molar-refractivity contribution in [3.63, 3.8) is 0 Å². The van der Waals surface area contributed by atoms with E-state index in [1.807, 2.05) is 6.07 Å². The molecular formula is C12H16N4O. The van der Waals surface area contributed by atoms with Crippen LogP contribution in [-0.4, -0.2) is 31.4 Å². The summed E-state index contributed by atoms with van der Waals surface area (Å²) in [7, 11) is 3.45. The molecule has 1 amide bonds. The van der Waals surface area contributed by atoms with E-state index >= 15 is 0 Å². The van der Waals surface area contributed by atoms with Crippen LogP contribution in [0.2, 0.25) is 0 Å². The number of benzene rings is 1. The van der Waals surface area contributed by atoms with E-state index in [9.17, 15) is 4.79 Å². The van der Waals surface area contributed by atoms with Crippen molar-refractivity contribution in [2.24, 2.45) is 0 Å². The molecule has 5 heteroatoms. The second kappa shape index (κ2) is 5.75. The highest BCUT2D eigenvalue weighted by Crippen LogP contribution is 2.16. The zero-order valence-electron chi connectivity index (χ0n) is 10.0. The van der Waals surface area contributed by atoms with Crippen molar-refractivity contribution in [3.8, 4) is 6.07 Å². The first-order valence-electron chi connectivity index (χ1n) is 5.28. The normalized spacial score (nSPS) is 9.47. The van der Waals surface area contributed by atoms with E-state index < -0.39 is 0 Å². The minimum atomic E-state index is 0.0686. The molecule has 1 aromatic rings. The molecule has 0 spiro atoms. The molecule has 0 radical (unpaired) electrons. The number of nitrogens with zero attached hydrogens (tertiary/aromatic N) is 2. The van der Waals surface area contributed by atoms with Crippen molar-refractivity contribution in [1.82, 2.24) is 4.90 Å². The number of carbonyl (C=O) groups excluding carboxylic acids is 1. The van der Waals surface area contributed by atoms with Crippen LogP contribution < -0.4 is 11.1 Å². The minimum absolute atomic E-state index is 0.0686. The maximum absolute atomic E-state index is 11.3. The molecule has 1 aromatic carbocycles. The summed E-state index contributed by atoms with van der Waals surface area (Å²) < 4.78 is 0. The third-order valence-corrected chi connectivity index (χ3v) is 2.34. The van der Waals surface area contributed by atoms with Crippen LogP contribution in [0.25, 0.3) is 0 Å². The first-order valence-corrected chi connectivity index (χ1v) is 5.28. The van der Waals surface area contributed by atoms with Crippen molar-refractivity contribution >= 4 is 17.3 Å². The molecule has 0 unspecified atom stereocenters. The van der Waals surface area contributed by atoms with E-state index in [0.717, 1.165) is 5.69 Å². The second-order valence-corrected chi connectivity index (χ2v) is 3.88. The van der Waals surface area contributed by atoms with Crippen molar-refractivity contribution in [3.05, 3.63) is 23.8 Å². The minimum Gasteiger partial charge on any atom is -0.398 e. The van der Waals surface area contributed by atoms with Gasteiger partial charge in [0.25, 0.3) is 0 Å². The average Bonchev–Trinajstić information content (AvgIpc) is 2.29. The Morgan fingerprint density at radius 3 is 2.76 bits per heavy atom. The van der Waals surface area contributed by atoms with Gasteiger partial charge in [-0.2, -0.15) is 5.26 Å². The molecule has 0 aromatic heterocycles. The molecule has 0 saturated heterocycles. The topological polar surface area (TPSA) is 82.2 Å². The van der Waals surface area contributed by atoms with Crippen molar-refractivity contribution in [2.45, 2.75) is 6.42 Å². The van der Waals surface area contributed by atoms with Gasteiger partial charge >= 0.3 is 0 Å². The highest BCUT2D eigenvalue weighted by atomic mass is 16.2. The average molecular weight is 232 g/mol. The standard InChI is InChI=1S/C12H16N4O/c1-16(2)12(17)5-6-15-10-4-3-9(8-13)11(14)7-10/h3-4,7,15H,5-6,14H2,1-2H3. The summed E-state index contributed by atoms with van der Waals surface area (Å²) in [6.45, 7) is 0.544. The Bertz CT molecular complexity index is 448. The summed E-state index contributed by atoms with van der Waals surface area (Å²) in [5.41, 5.74) is 7.39. The fourth-order valence-corrected chi connectivity index (χ4v) is 1.31. The number of anilines is 2. The number of nitrogens with one attached hydrogen (secondary N) is 1. The largest absolute Gasteiger partial charge is 0.398 e. The Morgan fingerprint density at radius 2 is 2.24 bits per heavy atom. The number of hydrogen-bond acceptors (Lipinski definition) is 4. The van der Waals surface area contributed by atoms with E-state index in [2.05, 4.69) is 5.32 Å². The lowest BCUT2D eigenvalue weighted by molar-refractivity contribution is -0.128. The summed E-state index contributed by atoms with van der Waals surface area (Å²) in [5, 5.41) is 11.8. The molecule has 0 aliphatic heterocycles. The van der Waals surface area contributed by atoms with Gasteiger partial charge in [-0.15, -0.1) is 0 Å².